The quantitative estimate of drug-likeness (QED) is 0.452. The summed E-state index contributed by atoms with van der Waals surface area (Å²) in [5.74, 6) is 0. The molecular formula is C4H12BNO4S. The van der Waals surface area contributed by atoms with E-state index >= 15 is 0 Å². The lowest BCUT2D eigenvalue weighted by Gasteiger charge is -2.07. The number of sulfonamides is 1. The molecular weight excluding hydrogens is 169 g/mol. The molecule has 0 aliphatic heterocycles. The van der Waals surface area contributed by atoms with Gasteiger partial charge in [-0.3, -0.25) is 0 Å². The molecule has 0 aromatic carbocycles. The molecule has 0 amide bonds. The molecule has 0 bridgehead atoms. The van der Waals surface area contributed by atoms with Crippen molar-refractivity contribution in [3.8, 4) is 0 Å². The second kappa shape index (κ2) is 4.05. The summed E-state index contributed by atoms with van der Waals surface area (Å²) in [4.78, 5) is 0. The molecule has 0 radical (unpaired) electrons. The van der Waals surface area contributed by atoms with Crippen molar-refractivity contribution >= 4 is 17.1 Å². The lowest BCUT2D eigenvalue weighted by molar-refractivity contribution is 0.404. The number of hydrogen-bond donors (Lipinski definition) is 3. The van der Waals surface area contributed by atoms with Crippen molar-refractivity contribution in [1.29, 1.82) is 0 Å². The van der Waals surface area contributed by atoms with Gasteiger partial charge in [-0.05, 0) is 13.8 Å². The van der Waals surface area contributed by atoms with Crippen LogP contribution in [-0.4, -0.2) is 37.3 Å². The fourth-order valence-electron chi connectivity index (χ4n) is 0.357. The molecule has 0 unspecified atom stereocenters. The smallest absolute Gasteiger partial charge is 0.426 e. The molecule has 66 valence electrons. The first-order valence-electron chi connectivity index (χ1n) is 3.21. The van der Waals surface area contributed by atoms with Gasteiger partial charge in [-0.15, -0.1) is 0 Å². The third-order valence-corrected chi connectivity index (χ3v) is 2.90. The standard InChI is InChI=1S/C4H12BNO4S/c1-4(2)11(9,10)6-3-5(7)8/h4,6-8H,3H2,1-2H3. The lowest BCUT2D eigenvalue weighted by atomic mass is 9.94. The fourth-order valence-corrected chi connectivity index (χ4v) is 1.07. The second-order valence-corrected chi connectivity index (χ2v) is 4.74. The Labute approximate surface area is 66.6 Å². The van der Waals surface area contributed by atoms with Gasteiger partial charge in [0.15, 0.2) is 0 Å². The highest BCUT2D eigenvalue weighted by atomic mass is 32.2. The zero-order valence-corrected chi connectivity index (χ0v) is 7.30. The first-order chi connectivity index (χ1) is 4.86. The molecule has 5 nitrogen and oxygen atoms in total. The van der Waals surface area contributed by atoms with Crippen LogP contribution in [0.5, 0.6) is 0 Å². The van der Waals surface area contributed by atoms with Gasteiger partial charge < -0.3 is 10.0 Å². The van der Waals surface area contributed by atoms with Crippen LogP contribution in [0.4, 0.5) is 0 Å². The van der Waals surface area contributed by atoms with E-state index in [1.807, 2.05) is 4.72 Å². The van der Waals surface area contributed by atoms with Gasteiger partial charge in [0.25, 0.3) is 0 Å². The molecule has 0 rings (SSSR count). The zero-order chi connectivity index (χ0) is 9.07. The minimum absolute atomic E-state index is 0.361. The number of rotatable bonds is 4. The van der Waals surface area contributed by atoms with Crippen LogP contribution in [-0.2, 0) is 10.0 Å². The predicted molar refractivity (Wildman–Crippen MR) is 42.3 cm³/mol. The van der Waals surface area contributed by atoms with E-state index in [9.17, 15) is 8.42 Å². The van der Waals surface area contributed by atoms with E-state index in [0.29, 0.717) is 0 Å². The van der Waals surface area contributed by atoms with Gasteiger partial charge >= 0.3 is 7.12 Å². The van der Waals surface area contributed by atoms with Gasteiger partial charge in [-0.1, -0.05) is 0 Å². The van der Waals surface area contributed by atoms with E-state index in [1.165, 1.54) is 13.8 Å². The Morgan fingerprint density at radius 1 is 1.45 bits per heavy atom. The molecule has 0 heterocycles. The van der Waals surface area contributed by atoms with Crippen molar-refractivity contribution in [2.45, 2.75) is 19.1 Å². The third-order valence-electron chi connectivity index (χ3n) is 1.09. The Morgan fingerprint density at radius 2 is 1.91 bits per heavy atom. The van der Waals surface area contributed by atoms with Crippen molar-refractivity contribution in [2.24, 2.45) is 0 Å². The van der Waals surface area contributed by atoms with Crippen LogP contribution in [0.25, 0.3) is 0 Å². The van der Waals surface area contributed by atoms with Crippen molar-refractivity contribution in [3.63, 3.8) is 0 Å². The molecule has 0 atom stereocenters. The highest BCUT2D eigenvalue weighted by Crippen LogP contribution is 1.94. The van der Waals surface area contributed by atoms with E-state index in [1.54, 1.807) is 0 Å². The minimum Gasteiger partial charge on any atom is -0.426 e. The summed E-state index contributed by atoms with van der Waals surface area (Å²) < 4.78 is 23.8. The Balaban J connectivity index is 3.95. The van der Waals surface area contributed by atoms with Gasteiger partial charge in [0, 0.05) is 6.44 Å². The number of nitrogens with one attached hydrogen (secondary N) is 1. The average Bonchev–Trinajstić information content (AvgIpc) is 1.84. The van der Waals surface area contributed by atoms with Crippen LogP contribution in [0, 0.1) is 0 Å². The summed E-state index contributed by atoms with van der Waals surface area (Å²) in [5, 5.41) is 16.1. The maximum atomic E-state index is 10.9. The Bertz CT molecular complexity index is 200. The molecule has 3 N–H and O–H groups in total. The average molecular weight is 181 g/mol. The molecule has 11 heavy (non-hydrogen) atoms. The topological polar surface area (TPSA) is 86.6 Å². The molecule has 0 aliphatic carbocycles. The van der Waals surface area contributed by atoms with Crippen molar-refractivity contribution in [3.05, 3.63) is 0 Å². The SMILES string of the molecule is CC(C)S(=O)(=O)NCB(O)O. The predicted octanol–water partition coefficient (Wildman–Crippen LogP) is -1.67. The molecule has 0 saturated heterocycles. The maximum Gasteiger partial charge on any atom is 0.467 e. The largest absolute Gasteiger partial charge is 0.467 e. The molecule has 0 aliphatic rings. The minimum atomic E-state index is -3.36. The zero-order valence-electron chi connectivity index (χ0n) is 6.48. The summed E-state index contributed by atoms with van der Waals surface area (Å²) in [5.41, 5.74) is 0. The first kappa shape index (κ1) is 10.9. The van der Waals surface area contributed by atoms with Gasteiger partial charge in [0.2, 0.25) is 10.0 Å². The molecule has 0 spiro atoms. The summed E-state index contributed by atoms with van der Waals surface area (Å²) in [7, 11) is -5.00. The van der Waals surface area contributed by atoms with E-state index < -0.39 is 22.4 Å². The maximum absolute atomic E-state index is 10.9. The highest BCUT2D eigenvalue weighted by Gasteiger charge is 2.17. The summed E-state index contributed by atoms with van der Waals surface area (Å²) in [6, 6.07) is 0. The van der Waals surface area contributed by atoms with Crippen LogP contribution in [0.1, 0.15) is 13.8 Å². The molecule has 0 fully saturated rings. The van der Waals surface area contributed by atoms with Crippen LogP contribution < -0.4 is 4.72 Å². The lowest BCUT2D eigenvalue weighted by Crippen LogP contribution is -2.38. The third kappa shape index (κ3) is 4.36. The summed E-state index contributed by atoms with van der Waals surface area (Å²) in [6.07, 6.45) is -0.361. The van der Waals surface area contributed by atoms with Crippen LogP contribution in [0.3, 0.4) is 0 Å². The van der Waals surface area contributed by atoms with Gasteiger partial charge in [0.1, 0.15) is 0 Å². The van der Waals surface area contributed by atoms with Gasteiger partial charge in [0.05, 0.1) is 5.25 Å². The van der Waals surface area contributed by atoms with Crippen LogP contribution in [0.15, 0.2) is 0 Å². The van der Waals surface area contributed by atoms with E-state index in [2.05, 4.69) is 0 Å². The first-order valence-corrected chi connectivity index (χ1v) is 4.75. The van der Waals surface area contributed by atoms with E-state index in [-0.39, 0.29) is 6.44 Å². The second-order valence-electron chi connectivity index (χ2n) is 2.42. The van der Waals surface area contributed by atoms with Crippen molar-refractivity contribution < 1.29 is 18.5 Å². The molecule has 7 heteroatoms. The van der Waals surface area contributed by atoms with Crippen molar-refractivity contribution in [2.75, 3.05) is 6.44 Å². The van der Waals surface area contributed by atoms with Crippen LogP contribution in [0.2, 0.25) is 0 Å². The monoisotopic (exact) mass is 181 g/mol. The Hall–Kier alpha value is -0.105. The normalized spacial score (nSPS) is 12.1. The van der Waals surface area contributed by atoms with Crippen LogP contribution >= 0.6 is 0 Å². The molecule has 0 aromatic heterocycles. The van der Waals surface area contributed by atoms with E-state index in [0.717, 1.165) is 0 Å². The summed E-state index contributed by atoms with van der Waals surface area (Å²) in [6.45, 7) is 3.01. The number of hydrogen-bond acceptors (Lipinski definition) is 4. The Morgan fingerprint density at radius 3 is 2.18 bits per heavy atom. The van der Waals surface area contributed by atoms with Crippen molar-refractivity contribution in [1.82, 2.24) is 4.72 Å². The molecule has 0 aromatic rings. The van der Waals surface area contributed by atoms with Gasteiger partial charge in [-0.2, -0.15) is 0 Å². The van der Waals surface area contributed by atoms with Gasteiger partial charge in [-0.25, -0.2) is 13.1 Å². The summed E-state index contributed by atoms with van der Waals surface area (Å²) >= 11 is 0. The van der Waals surface area contributed by atoms with E-state index in [4.69, 9.17) is 10.0 Å². The molecule has 0 saturated carbocycles. The highest BCUT2D eigenvalue weighted by molar-refractivity contribution is 7.90. The Kier molecular flexibility index (Phi) is 4.02. The fraction of sp³-hybridized carbons (Fsp3) is 1.00.